The topological polar surface area (TPSA) is 82.1 Å². The summed E-state index contributed by atoms with van der Waals surface area (Å²) in [6, 6.07) is 14.8. The van der Waals surface area contributed by atoms with Crippen molar-refractivity contribution in [3.05, 3.63) is 98.2 Å². The van der Waals surface area contributed by atoms with Crippen LogP contribution in [0.15, 0.2) is 53.5 Å². The normalized spacial score (nSPS) is 15.0. The van der Waals surface area contributed by atoms with Crippen molar-refractivity contribution in [1.82, 2.24) is 24.5 Å². The number of H-pyrrole nitrogens is 1. The lowest BCUT2D eigenvalue weighted by molar-refractivity contribution is 0.0187. The third-order valence-corrected chi connectivity index (χ3v) is 8.10. The molecular weight excluding hydrogens is 514 g/mol. The van der Waals surface area contributed by atoms with Crippen LogP contribution in [0.25, 0.3) is 16.6 Å². The monoisotopic (exact) mass is 555 g/mol. The largest absolute Gasteiger partial charge is 0.379 e. The standard InChI is InChI=1S/C33H41N5O3/c1-21-14-22(2)35-33(40)30(21)18-34-32(39)29-17-28-16-27(26-9-7-8-25(15-26)19-36(5)6)20-38(28)31(23(29)3)24(4)37-10-12-41-13-11-37/h7-9,14-17,20,24H,10-13,18-19H2,1-6H3,(H,34,39)(H,35,40). The van der Waals surface area contributed by atoms with Crippen molar-refractivity contribution in [3.63, 3.8) is 0 Å². The Balaban J connectivity index is 1.56. The Morgan fingerprint density at radius 1 is 1.07 bits per heavy atom. The number of amides is 1. The second-order valence-corrected chi connectivity index (χ2v) is 11.5. The fraction of sp³-hybridized carbons (Fsp3) is 0.394. The average molecular weight is 556 g/mol. The minimum Gasteiger partial charge on any atom is -0.379 e. The van der Waals surface area contributed by atoms with Gasteiger partial charge in [0.1, 0.15) is 0 Å². The summed E-state index contributed by atoms with van der Waals surface area (Å²) in [5, 5.41) is 3.03. The fourth-order valence-electron chi connectivity index (χ4n) is 6.00. The predicted molar refractivity (Wildman–Crippen MR) is 163 cm³/mol. The number of aryl methyl sites for hydroxylation is 2. The Labute approximate surface area is 241 Å². The van der Waals surface area contributed by atoms with Gasteiger partial charge in [-0.15, -0.1) is 0 Å². The maximum absolute atomic E-state index is 13.7. The molecule has 4 heterocycles. The lowest BCUT2D eigenvalue weighted by Gasteiger charge is -2.34. The Kier molecular flexibility index (Phi) is 8.45. The van der Waals surface area contributed by atoms with Crippen LogP contribution in [-0.2, 0) is 17.8 Å². The maximum atomic E-state index is 13.7. The average Bonchev–Trinajstić information content (AvgIpc) is 3.36. The molecule has 0 bridgehead atoms. The van der Waals surface area contributed by atoms with Gasteiger partial charge in [0.05, 0.1) is 13.2 Å². The number of nitrogens with one attached hydrogen (secondary N) is 2. The molecule has 0 saturated carbocycles. The number of benzene rings is 1. The second kappa shape index (κ2) is 12.0. The molecule has 3 aromatic heterocycles. The van der Waals surface area contributed by atoms with E-state index >= 15 is 0 Å². The van der Waals surface area contributed by atoms with Crippen LogP contribution in [0.5, 0.6) is 0 Å². The zero-order valence-electron chi connectivity index (χ0n) is 25.0. The molecule has 4 aromatic rings. The SMILES string of the molecule is Cc1cc(C)c(CNC(=O)c2cc3cc(-c4cccc(CN(C)C)c4)cn3c(C(C)N3CCOCC3)c2C)c(=O)[nH]1. The lowest BCUT2D eigenvalue weighted by Crippen LogP contribution is -2.39. The summed E-state index contributed by atoms with van der Waals surface area (Å²) in [5.74, 6) is -0.185. The number of fused-ring (bicyclic) bond motifs is 1. The predicted octanol–water partition coefficient (Wildman–Crippen LogP) is 4.60. The molecule has 1 aromatic carbocycles. The molecular formula is C33H41N5O3. The van der Waals surface area contributed by atoms with Crippen molar-refractivity contribution in [3.8, 4) is 11.1 Å². The third-order valence-electron chi connectivity index (χ3n) is 8.10. The van der Waals surface area contributed by atoms with Crippen molar-refractivity contribution >= 4 is 11.4 Å². The number of rotatable bonds is 8. The summed E-state index contributed by atoms with van der Waals surface area (Å²) in [6.45, 7) is 12.1. The fourth-order valence-corrected chi connectivity index (χ4v) is 6.00. The number of hydrogen-bond donors (Lipinski definition) is 2. The number of carbonyl (C=O) groups excluding carboxylic acids is 1. The highest BCUT2D eigenvalue weighted by atomic mass is 16.5. The molecule has 0 radical (unpaired) electrons. The smallest absolute Gasteiger partial charge is 0.253 e. The van der Waals surface area contributed by atoms with Gasteiger partial charge in [-0.1, -0.05) is 18.2 Å². The van der Waals surface area contributed by atoms with Crippen LogP contribution in [0.1, 0.15) is 57.0 Å². The van der Waals surface area contributed by atoms with Crippen LogP contribution in [0.4, 0.5) is 0 Å². The van der Waals surface area contributed by atoms with E-state index in [0.29, 0.717) is 24.3 Å². The number of aromatic nitrogens is 2. The van der Waals surface area contributed by atoms with Crippen LogP contribution in [0.2, 0.25) is 0 Å². The summed E-state index contributed by atoms with van der Waals surface area (Å²) < 4.78 is 7.87. The molecule has 0 aliphatic carbocycles. The molecule has 1 aliphatic heterocycles. The van der Waals surface area contributed by atoms with Crippen molar-refractivity contribution in [2.24, 2.45) is 0 Å². The molecule has 8 nitrogen and oxygen atoms in total. The minimum absolute atomic E-state index is 0.0802. The van der Waals surface area contributed by atoms with Gasteiger partial charge in [-0.25, -0.2) is 0 Å². The van der Waals surface area contributed by atoms with Crippen LogP contribution in [0, 0.1) is 20.8 Å². The number of aromatic amines is 1. The van der Waals surface area contributed by atoms with Gasteiger partial charge in [-0.05, 0) is 88.3 Å². The molecule has 216 valence electrons. The van der Waals surface area contributed by atoms with Gasteiger partial charge in [0.2, 0.25) is 0 Å². The van der Waals surface area contributed by atoms with E-state index in [9.17, 15) is 9.59 Å². The molecule has 1 aliphatic rings. The molecule has 41 heavy (non-hydrogen) atoms. The number of pyridine rings is 2. The Bertz CT molecular complexity index is 1630. The highest BCUT2D eigenvalue weighted by Crippen LogP contribution is 2.32. The van der Waals surface area contributed by atoms with Crippen molar-refractivity contribution < 1.29 is 9.53 Å². The lowest BCUT2D eigenvalue weighted by atomic mass is 10.0. The number of hydrogen-bond acceptors (Lipinski definition) is 5. The van der Waals surface area contributed by atoms with Gasteiger partial charge < -0.3 is 24.3 Å². The zero-order chi connectivity index (χ0) is 29.3. The van der Waals surface area contributed by atoms with Crippen LogP contribution in [-0.4, -0.2) is 65.5 Å². The second-order valence-electron chi connectivity index (χ2n) is 11.5. The van der Waals surface area contributed by atoms with Gasteiger partial charge in [0, 0.05) is 72.0 Å². The summed E-state index contributed by atoms with van der Waals surface area (Å²) >= 11 is 0. The van der Waals surface area contributed by atoms with Gasteiger partial charge in [-0.3, -0.25) is 14.5 Å². The van der Waals surface area contributed by atoms with Crippen LogP contribution in [0.3, 0.4) is 0 Å². The van der Waals surface area contributed by atoms with E-state index in [1.165, 1.54) is 5.56 Å². The quantitative estimate of drug-likeness (QED) is 0.332. The maximum Gasteiger partial charge on any atom is 0.253 e. The van der Waals surface area contributed by atoms with Crippen molar-refractivity contribution in [1.29, 1.82) is 0 Å². The molecule has 0 spiro atoms. The van der Waals surface area contributed by atoms with E-state index in [1.807, 2.05) is 32.9 Å². The zero-order valence-corrected chi connectivity index (χ0v) is 25.0. The molecule has 1 atom stereocenters. The molecule has 1 amide bonds. The van der Waals surface area contributed by atoms with E-state index in [0.717, 1.165) is 58.8 Å². The van der Waals surface area contributed by atoms with Crippen LogP contribution < -0.4 is 10.9 Å². The highest BCUT2D eigenvalue weighted by molar-refractivity contribution is 5.97. The first-order valence-electron chi connectivity index (χ1n) is 14.3. The first-order valence-corrected chi connectivity index (χ1v) is 14.3. The summed E-state index contributed by atoms with van der Waals surface area (Å²) in [4.78, 5) is 33.7. The molecule has 5 rings (SSSR count). The molecule has 1 saturated heterocycles. The molecule has 1 unspecified atom stereocenters. The molecule has 8 heteroatoms. The number of ether oxygens (including phenoxy) is 1. The summed E-state index contributed by atoms with van der Waals surface area (Å²) in [6.07, 6.45) is 2.19. The summed E-state index contributed by atoms with van der Waals surface area (Å²) in [5.41, 5.74) is 9.22. The first kappa shape index (κ1) is 28.8. The van der Waals surface area contributed by atoms with E-state index in [4.69, 9.17) is 4.74 Å². The number of carbonyl (C=O) groups is 1. The number of nitrogens with zero attached hydrogens (tertiary/aromatic N) is 3. The van der Waals surface area contributed by atoms with Gasteiger partial charge in [0.25, 0.3) is 11.5 Å². The summed E-state index contributed by atoms with van der Waals surface area (Å²) in [7, 11) is 4.15. The highest BCUT2D eigenvalue weighted by Gasteiger charge is 2.26. The van der Waals surface area contributed by atoms with E-state index in [2.05, 4.69) is 82.0 Å². The van der Waals surface area contributed by atoms with E-state index in [-0.39, 0.29) is 24.1 Å². The molecule has 2 N–H and O–H groups in total. The Hall–Kier alpha value is -3.72. The minimum atomic E-state index is -0.185. The Morgan fingerprint density at radius 3 is 2.54 bits per heavy atom. The van der Waals surface area contributed by atoms with Gasteiger partial charge in [-0.2, -0.15) is 0 Å². The van der Waals surface area contributed by atoms with Crippen molar-refractivity contribution in [2.75, 3.05) is 40.4 Å². The van der Waals surface area contributed by atoms with Crippen molar-refractivity contribution in [2.45, 2.75) is 46.8 Å². The third kappa shape index (κ3) is 6.15. The van der Waals surface area contributed by atoms with Gasteiger partial charge in [0.15, 0.2) is 0 Å². The van der Waals surface area contributed by atoms with E-state index in [1.54, 1.807) is 0 Å². The first-order chi connectivity index (χ1) is 19.6. The number of morpholine rings is 1. The van der Waals surface area contributed by atoms with Gasteiger partial charge >= 0.3 is 0 Å². The molecule has 1 fully saturated rings. The Morgan fingerprint density at radius 2 is 1.83 bits per heavy atom. The van der Waals surface area contributed by atoms with Crippen LogP contribution >= 0.6 is 0 Å². The van der Waals surface area contributed by atoms with E-state index < -0.39 is 0 Å².